The minimum absolute atomic E-state index is 0.0253. The van der Waals surface area contributed by atoms with Crippen molar-refractivity contribution in [1.29, 1.82) is 0 Å². The van der Waals surface area contributed by atoms with Crippen LogP contribution >= 0.6 is 0 Å². The Bertz CT molecular complexity index is 849. The van der Waals surface area contributed by atoms with Gasteiger partial charge in [0.25, 0.3) is 11.8 Å². The van der Waals surface area contributed by atoms with E-state index in [4.69, 9.17) is 0 Å². The summed E-state index contributed by atoms with van der Waals surface area (Å²) in [7, 11) is 0. The maximum atomic E-state index is 12.4. The molecule has 0 unspecified atom stereocenters. The SMILES string of the molecule is CC(C)(C)c1ccccc1NC(=O)CCN1C(=O)c2cccnc2C1=O. The maximum absolute atomic E-state index is 12.4. The van der Waals surface area contributed by atoms with Gasteiger partial charge in [0, 0.05) is 24.8 Å². The summed E-state index contributed by atoms with van der Waals surface area (Å²) in [5.74, 6) is -1.10. The van der Waals surface area contributed by atoms with Gasteiger partial charge in [-0.05, 0) is 29.2 Å². The summed E-state index contributed by atoms with van der Waals surface area (Å²) in [5, 5.41) is 2.89. The van der Waals surface area contributed by atoms with Gasteiger partial charge in [0.2, 0.25) is 5.91 Å². The molecule has 1 N–H and O–H groups in total. The number of rotatable bonds is 4. The van der Waals surface area contributed by atoms with Gasteiger partial charge in [-0.1, -0.05) is 39.0 Å². The number of benzene rings is 1. The van der Waals surface area contributed by atoms with Crippen molar-refractivity contribution in [3.8, 4) is 0 Å². The lowest BCUT2D eigenvalue weighted by Gasteiger charge is -2.23. The zero-order valence-corrected chi connectivity index (χ0v) is 15.1. The third-order valence-electron chi connectivity index (χ3n) is 4.30. The highest BCUT2D eigenvalue weighted by molar-refractivity contribution is 6.20. The monoisotopic (exact) mass is 351 g/mol. The number of carbonyl (C=O) groups excluding carboxylic acids is 3. The molecule has 3 amide bonds. The molecule has 134 valence electrons. The van der Waals surface area contributed by atoms with E-state index >= 15 is 0 Å². The highest BCUT2D eigenvalue weighted by atomic mass is 16.2. The van der Waals surface area contributed by atoms with Crippen molar-refractivity contribution in [3.05, 3.63) is 59.4 Å². The van der Waals surface area contributed by atoms with Crippen LogP contribution in [0.15, 0.2) is 42.6 Å². The normalized spacial score (nSPS) is 13.7. The molecule has 1 aromatic heterocycles. The van der Waals surface area contributed by atoms with Gasteiger partial charge in [-0.3, -0.25) is 24.3 Å². The van der Waals surface area contributed by atoms with Crippen LogP contribution in [-0.2, 0) is 10.2 Å². The van der Waals surface area contributed by atoms with E-state index in [2.05, 4.69) is 31.1 Å². The number of amides is 3. The largest absolute Gasteiger partial charge is 0.326 e. The van der Waals surface area contributed by atoms with E-state index in [1.54, 1.807) is 12.1 Å². The maximum Gasteiger partial charge on any atom is 0.280 e. The van der Waals surface area contributed by atoms with Gasteiger partial charge in [-0.25, -0.2) is 0 Å². The molecule has 2 aromatic rings. The highest BCUT2D eigenvalue weighted by Crippen LogP contribution is 2.29. The number of hydrogen-bond acceptors (Lipinski definition) is 4. The molecule has 0 fully saturated rings. The standard InChI is InChI=1S/C20H21N3O3/c1-20(2,3)14-8-4-5-9-15(14)22-16(24)10-12-23-18(25)13-7-6-11-21-17(13)19(23)26/h4-9,11H,10,12H2,1-3H3,(H,22,24). The number of anilines is 1. The van der Waals surface area contributed by atoms with E-state index in [1.165, 1.54) is 6.20 Å². The Morgan fingerprint density at radius 1 is 1.08 bits per heavy atom. The molecule has 0 spiro atoms. The third kappa shape index (κ3) is 3.35. The molecule has 26 heavy (non-hydrogen) atoms. The number of fused-ring (bicyclic) bond motifs is 1. The number of para-hydroxylation sites is 1. The predicted octanol–water partition coefficient (Wildman–Crippen LogP) is 3.00. The van der Waals surface area contributed by atoms with Crippen molar-refractivity contribution in [2.24, 2.45) is 0 Å². The number of carbonyl (C=O) groups is 3. The molecule has 1 aliphatic rings. The van der Waals surface area contributed by atoms with Gasteiger partial charge in [0.15, 0.2) is 0 Å². The fourth-order valence-electron chi connectivity index (χ4n) is 2.99. The molecular formula is C20H21N3O3. The number of hydrogen-bond donors (Lipinski definition) is 1. The van der Waals surface area contributed by atoms with Crippen LogP contribution in [0.25, 0.3) is 0 Å². The molecule has 0 saturated carbocycles. The number of aromatic nitrogens is 1. The molecule has 0 aliphatic carbocycles. The first-order valence-corrected chi connectivity index (χ1v) is 8.49. The minimum atomic E-state index is -0.450. The van der Waals surface area contributed by atoms with Crippen LogP contribution in [-0.4, -0.2) is 34.2 Å². The lowest BCUT2D eigenvalue weighted by Crippen LogP contribution is -2.33. The first kappa shape index (κ1) is 17.8. The van der Waals surface area contributed by atoms with E-state index in [0.29, 0.717) is 0 Å². The van der Waals surface area contributed by atoms with Crippen LogP contribution in [0.5, 0.6) is 0 Å². The molecule has 0 radical (unpaired) electrons. The zero-order chi connectivity index (χ0) is 18.9. The van der Waals surface area contributed by atoms with Crippen LogP contribution in [0.4, 0.5) is 5.69 Å². The van der Waals surface area contributed by atoms with E-state index in [9.17, 15) is 14.4 Å². The van der Waals surface area contributed by atoms with Crippen molar-refractivity contribution < 1.29 is 14.4 Å². The Kier molecular flexibility index (Phi) is 4.59. The summed E-state index contributed by atoms with van der Waals surface area (Å²) in [6.45, 7) is 6.24. The third-order valence-corrected chi connectivity index (χ3v) is 4.30. The van der Waals surface area contributed by atoms with Crippen LogP contribution in [0, 0.1) is 0 Å². The zero-order valence-electron chi connectivity index (χ0n) is 15.1. The first-order valence-electron chi connectivity index (χ1n) is 8.49. The number of nitrogens with one attached hydrogen (secondary N) is 1. The minimum Gasteiger partial charge on any atom is -0.326 e. The van der Waals surface area contributed by atoms with Crippen molar-refractivity contribution in [1.82, 2.24) is 9.88 Å². The number of imide groups is 1. The fourth-order valence-corrected chi connectivity index (χ4v) is 2.99. The van der Waals surface area contributed by atoms with Gasteiger partial charge in [0.05, 0.1) is 5.56 Å². The van der Waals surface area contributed by atoms with Crippen molar-refractivity contribution in [2.45, 2.75) is 32.6 Å². The Balaban J connectivity index is 1.66. The van der Waals surface area contributed by atoms with E-state index < -0.39 is 11.8 Å². The second-order valence-electron chi connectivity index (χ2n) is 7.26. The molecule has 0 saturated heterocycles. The molecule has 1 aliphatic heterocycles. The molecule has 3 rings (SSSR count). The molecule has 6 nitrogen and oxygen atoms in total. The highest BCUT2D eigenvalue weighted by Gasteiger charge is 2.36. The summed E-state index contributed by atoms with van der Waals surface area (Å²) in [6, 6.07) is 10.8. The average molecular weight is 351 g/mol. The van der Waals surface area contributed by atoms with E-state index in [0.717, 1.165) is 16.2 Å². The average Bonchev–Trinajstić information content (AvgIpc) is 2.84. The second kappa shape index (κ2) is 6.71. The summed E-state index contributed by atoms with van der Waals surface area (Å²) < 4.78 is 0. The topological polar surface area (TPSA) is 79.4 Å². The molecule has 1 aromatic carbocycles. The summed E-state index contributed by atoms with van der Waals surface area (Å²) >= 11 is 0. The predicted molar refractivity (Wildman–Crippen MR) is 98.0 cm³/mol. The van der Waals surface area contributed by atoms with Gasteiger partial charge in [0.1, 0.15) is 5.69 Å². The Labute approximate surface area is 152 Å². The fraction of sp³-hybridized carbons (Fsp3) is 0.300. The van der Waals surface area contributed by atoms with E-state index in [1.807, 2.05) is 24.3 Å². The van der Waals surface area contributed by atoms with Gasteiger partial charge >= 0.3 is 0 Å². The summed E-state index contributed by atoms with van der Waals surface area (Å²) in [4.78, 5) is 42.0. The van der Waals surface area contributed by atoms with Crippen LogP contribution < -0.4 is 5.32 Å². The van der Waals surface area contributed by atoms with Crippen molar-refractivity contribution >= 4 is 23.4 Å². The molecule has 2 heterocycles. The molecular weight excluding hydrogens is 330 g/mol. The van der Waals surface area contributed by atoms with Gasteiger partial charge in [-0.2, -0.15) is 0 Å². The van der Waals surface area contributed by atoms with Crippen LogP contribution in [0.3, 0.4) is 0 Å². The first-order chi connectivity index (χ1) is 12.3. The van der Waals surface area contributed by atoms with Gasteiger partial charge < -0.3 is 5.32 Å². The molecule has 0 atom stereocenters. The summed E-state index contributed by atoms with van der Waals surface area (Å²) in [6.07, 6.45) is 1.51. The Morgan fingerprint density at radius 2 is 1.81 bits per heavy atom. The van der Waals surface area contributed by atoms with Crippen molar-refractivity contribution in [2.75, 3.05) is 11.9 Å². The summed E-state index contributed by atoms with van der Waals surface area (Å²) in [5.41, 5.74) is 2.09. The molecule has 0 bridgehead atoms. The Hall–Kier alpha value is -3.02. The van der Waals surface area contributed by atoms with Crippen LogP contribution in [0.1, 0.15) is 53.6 Å². The van der Waals surface area contributed by atoms with Crippen molar-refractivity contribution in [3.63, 3.8) is 0 Å². The smallest absolute Gasteiger partial charge is 0.280 e. The van der Waals surface area contributed by atoms with E-state index in [-0.39, 0.29) is 35.5 Å². The number of nitrogens with zero attached hydrogens (tertiary/aromatic N) is 2. The van der Waals surface area contributed by atoms with Crippen LogP contribution in [0.2, 0.25) is 0 Å². The lowest BCUT2D eigenvalue weighted by molar-refractivity contribution is -0.116. The lowest BCUT2D eigenvalue weighted by atomic mass is 9.86. The quantitative estimate of drug-likeness (QED) is 0.859. The second-order valence-corrected chi connectivity index (χ2v) is 7.26. The molecule has 6 heteroatoms. The number of pyridine rings is 1. The van der Waals surface area contributed by atoms with Gasteiger partial charge in [-0.15, -0.1) is 0 Å². The Morgan fingerprint density at radius 3 is 2.50 bits per heavy atom.